The Balaban J connectivity index is 1.24. The second-order valence-electron chi connectivity index (χ2n) is 8.72. The van der Waals surface area contributed by atoms with Crippen LogP contribution in [0, 0.1) is 6.92 Å². The standard InChI is InChI=1S/C28H27N3O3/c1-19-24(17-30-27(32)12-11-20-7-3-2-4-8-20)23-13-14-31(18-22(23)16-29-19)28(33)26-15-21-9-5-6-10-25(21)34-26/h2-12,16,26H,13-15,17-18H2,1H3,(H,30,32)/b12-11+. The lowest BCUT2D eigenvalue weighted by molar-refractivity contribution is -0.138. The molecule has 6 nitrogen and oxygen atoms in total. The zero-order valence-corrected chi connectivity index (χ0v) is 19.2. The van der Waals surface area contributed by atoms with Gasteiger partial charge in [-0.05, 0) is 53.3 Å². The number of carbonyl (C=O) groups is 2. The fraction of sp³-hybridized carbons (Fsp3) is 0.250. The maximum Gasteiger partial charge on any atom is 0.264 e. The fourth-order valence-electron chi connectivity index (χ4n) is 4.64. The number of aromatic nitrogens is 1. The van der Waals surface area contributed by atoms with E-state index in [-0.39, 0.29) is 11.8 Å². The number of para-hydroxylation sites is 1. The third-order valence-electron chi connectivity index (χ3n) is 6.50. The molecule has 0 spiro atoms. The quantitative estimate of drug-likeness (QED) is 0.599. The van der Waals surface area contributed by atoms with E-state index in [2.05, 4.69) is 10.3 Å². The van der Waals surface area contributed by atoms with Gasteiger partial charge in [-0.3, -0.25) is 14.6 Å². The van der Waals surface area contributed by atoms with Crippen molar-refractivity contribution in [3.8, 4) is 5.75 Å². The summed E-state index contributed by atoms with van der Waals surface area (Å²) in [6.45, 7) is 3.50. The third-order valence-corrected chi connectivity index (χ3v) is 6.50. The van der Waals surface area contributed by atoms with Crippen LogP contribution >= 0.6 is 0 Å². The van der Waals surface area contributed by atoms with E-state index in [0.29, 0.717) is 26.1 Å². The van der Waals surface area contributed by atoms with Crippen molar-refractivity contribution in [2.24, 2.45) is 0 Å². The summed E-state index contributed by atoms with van der Waals surface area (Å²) in [6.07, 6.45) is 6.08. The highest BCUT2D eigenvalue weighted by atomic mass is 16.5. The molecule has 2 aliphatic rings. The molecule has 1 N–H and O–H groups in total. The number of aryl methyl sites for hydroxylation is 1. The summed E-state index contributed by atoms with van der Waals surface area (Å²) < 4.78 is 5.91. The number of pyridine rings is 1. The van der Waals surface area contributed by atoms with Crippen LogP contribution in [-0.2, 0) is 35.5 Å². The van der Waals surface area contributed by atoms with E-state index in [9.17, 15) is 9.59 Å². The molecule has 5 rings (SSSR count). The van der Waals surface area contributed by atoms with Gasteiger partial charge >= 0.3 is 0 Å². The summed E-state index contributed by atoms with van der Waals surface area (Å²) >= 11 is 0. The number of fused-ring (bicyclic) bond motifs is 2. The Bertz CT molecular complexity index is 1230. The molecule has 0 saturated carbocycles. The van der Waals surface area contributed by atoms with Crippen LogP contribution < -0.4 is 10.1 Å². The predicted octanol–water partition coefficient (Wildman–Crippen LogP) is 3.61. The first-order valence-corrected chi connectivity index (χ1v) is 11.6. The Labute approximate surface area is 199 Å². The average Bonchev–Trinajstić information content (AvgIpc) is 3.31. The normalized spacial score (nSPS) is 16.6. The van der Waals surface area contributed by atoms with Crippen LogP contribution in [-0.4, -0.2) is 34.3 Å². The van der Waals surface area contributed by atoms with Crippen molar-refractivity contribution in [2.75, 3.05) is 6.54 Å². The van der Waals surface area contributed by atoms with Crippen LogP contribution in [0.2, 0.25) is 0 Å². The summed E-state index contributed by atoms with van der Waals surface area (Å²) in [7, 11) is 0. The van der Waals surface area contributed by atoms with Crippen molar-refractivity contribution < 1.29 is 14.3 Å². The van der Waals surface area contributed by atoms with Crippen LogP contribution in [0.3, 0.4) is 0 Å². The molecule has 0 fully saturated rings. The number of hydrogen-bond donors (Lipinski definition) is 1. The summed E-state index contributed by atoms with van der Waals surface area (Å²) in [5.74, 6) is 0.671. The molecule has 6 heteroatoms. The van der Waals surface area contributed by atoms with Crippen molar-refractivity contribution in [1.82, 2.24) is 15.2 Å². The molecular weight excluding hydrogens is 426 g/mol. The molecule has 0 bridgehead atoms. The van der Waals surface area contributed by atoms with Gasteiger partial charge in [-0.1, -0.05) is 48.5 Å². The number of benzene rings is 2. The number of rotatable bonds is 5. The monoisotopic (exact) mass is 453 g/mol. The van der Waals surface area contributed by atoms with Gasteiger partial charge < -0.3 is 15.0 Å². The van der Waals surface area contributed by atoms with Gasteiger partial charge in [0.15, 0.2) is 6.10 Å². The molecule has 0 aliphatic carbocycles. The molecule has 172 valence electrons. The van der Waals surface area contributed by atoms with Gasteiger partial charge in [0, 0.05) is 44.0 Å². The second-order valence-corrected chi connectivity index (χ2v) is 8.72. The number of hydrogen-bond acceptors (Lipinski definition) is 4. The molecule has 2 amide bonds. The predicted molar refractivity (Wildman–Crippen MR) is 130 cm³/mol. The van der Waals surface area contributed by atoms with Crippen molar-refractivity contribution >= 4 is 17.9 Å². The van der Waals surface area contributed by atoms with Gasteiger partial charge in [0.1, 0.15) is 5.75 Å². The lowest BCUT2D eigenvalue weighted by Crippen LogP contribution is -2.44. The summed E-state index contributed by atoms with van der Waals surface area (Å²) in [6, 6.07) is 17.5. The fourth-order valence-corrected chi connectivity index (χ4v) is 4.64. The van der Waals surface area contributed by atoms with Crippen LogP contribution in [0.1, 0.15) is 33.5 Å². The Kier molecular flexibility index (Phi) is 6.12. The number of nitrogens with zero attached hydrogens (tertiary/aromatic N) is 2. The number of nitrogens with one attached hydrogen (secondary N) is 1. The molecule has 1 atom stereocenters. The molecule has 1 aromatic heterocycles. The molecule has 0 radical (unpaired) electrons. The van der Waals surface area contributed by atoms with Crippen molar-refractivity contribution in [2.45, 2.75) is 39.0 Å². The minimum Gasteiger partial charge on any atom is -0.480 e. The zero-order chi connectivity index (χ0) is 23.5. The molecule has 3 aromatic rings. The van der Waals surface area contributed by atoms with Crippen LogP contribution in [0.25, 0.3) is 6.08 Å². The van der Waals surface area contributed by atoms with E-state index >= 15 is 0 Å². The number of ether oxygens (including phenoxy) is 1. The first-order valence-electron chi connectivity index (χ1n) is 11.6. The van der Waals surface area contributed by atoms with Gasteiger partial charge in [-0.15, -0.1) is 0 Å². The first-order chi connectivity index (χ1) is 16.6. The highest BCUT2D eigenvalue weighted by Crippen LogP contribution is 2.30. The minimum absolute atomic E-state index is 0.0170. The van der Waals surface area contributed by atoms with E-state index in [1.54, 1.807) is 12.2 Å². The Morgan fingerprint density at radius 2 is 1.91 bits per heavy atom. The van der Waals surface area contributed by atoms with E-state index in [0.717, 1.165) is 40.1 Å². The smallest absolute Gasteiger partial charge is 0.264 e. The van der Waals surface area contributed by atoms with E-state index in [4.69, 9.17) is 4.74 Å². The van der Waals surface area contributed by atoms with Crippen molar-refractivity contribution in [3.05, 3.63) is 100 Å². The lowest BCUT2D eigenvalue weighted by atomic mass is 9.94. The van der Waals surface area contributed by atoms with E-state index < -0.39 is 6.10 Å². The maximum atomic E-state index is 13.2. The molecule has 34 heavy (non-hydrogen) atoms. The molecule has 2 aliphatic heterocycles. The van der Waals surface area contributed by atoms with Gasteiger partial charge in [-0.25, -0.2) is 0 Å². The van der Waals surface area contributed by atoms with Crippen LogP contribution in [0.5, 0.6) is 5.75 Å². The largest absolute Gasteiger partial charge is 0.480 e. The molecule has 1 unspecified atom stereocenters. The number of amides is 2. The molecule has 0 saturated heterocycles. The van der Waals surface area contributed by atoms with Gasteiger partial charge in [0.05, 0.1) is 0 Å². The summed E-state index contributed by atoms with van der Waals surface area (Å²) in [4.78, 5) is 31.9. The highest BCUT2D eigenvalue weighted by Gasteiger charge is 2.34. The Morgan fingerprint density at radius 1 is 1.12 bits per heavy atom. The van der Waals surface area contributed by atoms with Gasteiger partial charge in [0.25, 0.3) is 5.91 Å². The van der Waals surface area contributed by atoms with Gasteiger partial charge in [-0.2, -0.15) is 0 Å². The Hall–Kier alpha value is -3.93. The highest BCUT2D eigenvalue weighted by molar-refractivity contribution is 5.91. The van der Waals surface area contributed by atoms with Crippen molar-refractivity contribution in [3.63, 3.8) is 0 Å². The maximum absolute atomic E-state index is 13.2. The first kappa shape index (κ1) is 21.9. The van der Waals surface area contributed by atoms with Crippen LogP contribution in [0.15, 0.2) is 66.9 Å². The molecular formula is C28H27N3O3. The summed E-state index contributed by atoms with van der Waals surface area (Å²) in [5, 5.41) is 2.98. The van der Waals surface area contributed by atoms with Crippen LogP contribution in [0.4, 0.5) is 0 Å². The second kappa shape index (κ2) is 9.51. The third kappa shape index (κ3) is 4.57. The Morgan fingerprint density at radius 3 is 2.74 bits per heavy atom. The minimum atomic E-state index is -0.465. The molecule has 2 aromatic carbocycles. The molecule has 3 heterocycles. The number of carbonyl (C=O) groups excluding carboxylic acids is 2. The van der Waals surface area contributed by atoms with E-state index in [1.165, 1.54) is 5.56 Å². The SMILES string of the molecule is Cc1ncc2c(c1CNC(=O)/C=C/c1ccccc1)CCN(C(=O)C1Cc3ccccc3O1)C2. The van der Waals surface area contributed by atoms with Gasteiger partial charge in [0.2, 0.25) is 5.91 Å². The lowest BCUT2D eigenvalue weighted by Gasteiger charge is -2.32. The topological polar surface area (TPSA) is 71.5 Å². The zero-order valence-electron chi connectivity index (χ0n) is 19.2. The van der Waals surface area contributed by atoms with Crippen molar-refractivity contribution in [1.29, 1.82) is 0 Å². The van der Waals surface area contributed by atoms with E-state index in [1.807, 2.05) is 72.6 Å². The summed E-state index contributed by atoms with van der Waals surface area (Å²) in [5.41, 5.74) is 6.21. The average molecular weight is 454 g/mol.